The third-order valence-corrected chi connectivity index (χ3v) is 3.35. The largest absolute Gasteiger partial charge is 0.480 e. The molecule has 5 heteroatoms. The van der Waals surface area contributed by atoms with Gasteiger partial charge in [0.25, 0.3) is 0 Å². The van der Waals surface area contributed by atoms with E-state index in [2.05, 4.69) is 12.2 Å². The quantitative estimate of drug-likeness (QED) is 0.807. The molecule has 1 fully saturated rings. The SMILES string of the molecule is CC(C)C[C@@H](NC(=O)N1CC(C)CC1C)C(=O)O. The van der Waals surface area contributed by atoms with Gasteiger partial charge in [-0.2, -0.15) is 0 Å². The number of carboxylic acid groups (broad SMARTS) is 1. The average Bonchev–Trinajstić information content (AvgIpc) is 2.56. The fraction of sp³-hybridized carbons (Fsp3) is 0.846. The summed E-state index contributed by atoms with van der Waals surface area (Å²) in [5.74, 6) is -0.239. The summed E-state index contributed by atoms with van der Waals surface area (Å²) in [6, 6.07) is -0.853. The minimum Gasteiger partial charge on any atom is -0.480 e. The van der Waals surface area contributed by atoms with Crippen LogP contribution in [0.2, 0.25) is 0 Å². The molecule has 0 aromatic heterocycles. The van der Waals surface area contributed by atoms with Gasteiger partial charge in [-0.25, -0.2) is 9.59 Å². The number of urea groups is 1. The van der Waals surface area contributed by atoms with Crippen molar-refractivity contribution in [1.82, 2.24) is 10.2 Å². The van der Waals surface area contributed by atoms with Crippen molar-refractivity contribution in [2.24, 2.45) is 11.8 Å². The Bertz CT molecular complexity index is 317. The summed E-state index contributed by atoms with van der Waals surface area (Å²) in [6.45, 7) is 8.71. The molecule has 0 radical (unpaired) electrons. The summed E-state index contributed by atoms with van der Waals surface area (Å²) in [7, 11) is 0. The summed E-state index contributed by atoms with van der Waals surface area (Å²) < 4.78 is 0. The second-order valence-electron chi connectivity index (χ2n) is 5.81. The minimum atomic E-state index is -0.961. The molecular formula is C13H24N2O3. The Kier molecular flexibility index (Phi) is 4.99. The molecule has 1 heterocycles. The molecule has 0 bridgehead atoms. The number of hydrogen-bond acceptors (Lipinski definition) is 2. The Morgan fingerprint density at radius 1 is 1.39 bits per heavy atom. The van der Waals surface area contributed by atoms with Gasteiger partial charge in [-0.1, -0.05) is 20.8 Å². The van der Waals surface area contributed by atoms with Crippen molar-refractivity contribution in [3.63, 3.8) is 0 Å². The fourth-order valence-corrected chi connectivity index (χ4v) is 2.51. The highest BCUT2D eigenvalue weighted by molar-refractivity contribution is 5.82. The molecule has 1 saturated heterocycles. The number of amides is 2. The van der Waals surface area contributed by atoms with Crippen LogP contribution in [0.4, 0.5) is 4.79 Å². The van der Waals surface area contributed by atoms with Crippen molar-refractivity contribution in [3.05, 3.63) is 0 Å². The Hall–Kier alpha value is -1.26. The zero-order chi connectivity index (χ0) is 13.9. The lowest BCUT2D eigenvalue weighted by molar-refractivity contribution is -0.139. The molecule has 0 aromatic carbocycles. The molecule has 0 spiro atoms. The molecule has 18 heavy (non-hydrogen) atoms. The predicted octanol–water partition coefficient (Wildman–Crippen LogP) is 1.93. The van der Waals surface area contributed by atoms with Gasteiger partial charge in [0.1, 0.15) is 6.04 Å². The van der Waals surface area contributed by atoms with E-state index in [9.17, 15) is 9.59 Å². The fourth-order valence-electron chi connectivity index (χ4n) is 2.51. The molecule has 5 nitrogen and oxygen atoms in total. The van der Waals surface area contributed by atoms with E-state index in [0.29, 0.717) is 18.9 Å². The molecule has 0 saturated carbocycles. The van der Waals surface area contributed by atoms with Gasteiger partial charge in [0.05, 0.1) is 0 Å². The maximum atomic E-state index is 12.0. The maximum Gasteiger partial charge on any atom is 0.326 e. The lowest BCUT2D eigenvalue weighted by Crippen LogP contribution is -2.49. The highest BCUT2D eigenvalue weighted by atomic mass is 16.4. The van der Waals surface area contributed by atoms with Crippen LogP contribution in [-0.4, -0.2) is 40.6 Å². The number of rotatable bonds is 4. The van der Waals surface area contributed by atoms with Crippen LogP contribution in [0.25, 0.3) is 0 Å². The maximum absolute atomic E-state index is 12.0. The second kappa shape index (κ2) is 6.07. The van der Waals surface area contributed by atoms with Crippen LogP contribution in [0.3, 0.4) is 0 Å². The van der Waals surface area contributed by atoms with Crippen molar-refractivity contribution in [1.29, 1.82) is 0 Å². The lowest BCUT2D eigenvalue weighted by atomic mass is 10.0. The number of carbonyl (C=O) groups excluding carboxylic acids is 1. The second-order valence-corrected chi connectivity index (χ2v) is 5.81. The van der Waals surface area contributed by atoms with Gasteiger partial charge in [-0.3, -0.25) is 0 Å². The predicted molar refractivity (Wildman–Crippen MR) is 69.4 cm³/mol. The topological polar surface area (TPSA) is 69.6 Å². The van der Waals surface area contributed by atoms with E-state index < -0.39 is 12.0 Å². The first kappa shape index (κ1) is 14.8. The molecule has 2 amide bonds. The van der Waals surface area contributed by atoms with Crippen molar-refractivity contribution in [3.8, 4) is 0 Å². The van der Waals surface area contributed by atoms with Crippen molar-refractivity contribution in [2.45, 2.75) is 52.6 Å². The summed E-state index contributed by atoms with van der Waals surface area (Å²) in [4.78, 5) is 24.9. The van der Waals surface area contributed by atoms with Gasteiger partial charge in [-0.15, -0.1) is 0 Å². The number of carbonyl (C=O) groups is 2. The van der Waals surface area contributed by atoms with E-state index in [1.54, 1.807) is 4.90 Å². The van der Waals surface area contributed by atoms with Gasteiger partial charge in [0.2, 0.25) is 0 Å². The monoisotopic (exact) mass is 256 g/mol. The number of hydrogen-bond donors (Lipinski definition) is 2. The Balaban J connectivity index is 2.58. The number of nitrogens with zero attached hydrogens (tertiary/aromatic N) is 1. The van der Waals surface area contributed by atoms with Gasteiger partial charge >= 0.3 is 12.0 Å². The molecule has 1 aliphatic rings. The molecule has 0 aromatic rings. The Morgan fingerprint density at radius 3 is 2.39 bits per heavy atom. The molecule has 0 aliphatic carbocycles. The molecule has 104 valence electrons. The third-order valence-electron chi connectivity index (χ3n) is 3.35. The first-order chi connectivity index (χ1) is 8.31. The Labute approximate surface area is 109 Å². The zero-order valence-electron chi connectivity index (χ0n) is 11.6. The third kappa shape index (κ3) is 3.89. The van der Waals surface area contributed by atoms with E-state index in [4.69, 9.17) is 5.11 Å². The van der Waals surface area contributed by atoms with Gasteiger partial charge < -0.3 is 15.3 Å². The van der Waals surface area contributed by atoms with Crippen LogP contribution in [0.5, 0.6) is 0 Å². The normalized spacial score (nSPS) is 25.3. The van der Waals surface area contributed by atoms with E-state index in [-0.39, 0.29) is 18.0 Å². The van der Waals surface area contributed by atoms with Gasteiger partial charge in [0.15, 0.2) is 0 Å². The van der Waals surface area contributed by atoms with E-state index in [1.165, 1.54) is 0 Å². The summed E-state index contributed by atoms with van der Waals surface area (Å²) >= 11 is 0. The number of nitrogens with one attached hydrogen (secondary N) is 1. The number of likely N-dealkylation sites (tertiary alicyclic amines) is 1. The van der Waals surface area contributed by atoms with Crippen molar-refractivity contribution in [2.75, 3.05) is 6.54 Å². The van der Waals surface area contributed by atoms with Crippen LogP contribution in [0, 0.1) is 11.8 Å². The summed E-state index contributed by atoms with van der Waals surface area (Å²) in [5, 5.41) is 11.7. The minimum absolute atomic E-state index is 0.188. The van der Waals surface area contributed by atoms with Crippen molar-refractivity contribution >= 4 is 12.0 Å². The van der Waals surface area contributed by atoms with Crippen LogP contribution in [0.1, 0.15) is 40.5 Å². The average molecular weight is 256 g/mol. The number of carboxylic acids is 1. The number of aliphatic carboxylic acids is 1. The summed E-state index contributed by atoms with van der Waals surface area (Å²) in [6.07, 6.45) is 1.44. The highest BCUT2D eigenvalue weighted by Gasteiger charge is 2.32. The standard InChI is InChI=1S/C13H24N2O3/c1-8(2)5-11(12(16)17)14-13(18)15-7-9(3)6-10(15)4/h8-11H,5-7H2,1-4H3,(H,14,18)(H,16,17)/t9?,10?,11-/m1/s1. The molecule has 3 atom stereocenters. The van der Waals surface area contributed by atoms with E-state index in [0.717, 1.165) is 6.42 Å². The van der Waals surface area contributed by atoms with Crippen LogP contribution >= 0.6 is 0 Å². The smallest absolute Gasteiger partial charge is 0.326 e. The van der Waals surface area contributed by atoms with Gasteiger partial charge in [-0.05, 0) is 31.6 Å². The van der Waals surface area contributed by atoms with E-state index >= 15 is 0 Å². The Morgan fingerprint density at radius 2 is 2.00 bits per heavy atom. The van der Waals surface area contributed by atoms with Gasteiger partial charge in [0, 0.05) is 12.6 Å². The summed E-state index contributed by atoms with van der Waals surface area (Å²) in [5.41, 5.74) is 0. The van der Waals surface area contributed by atoms with Crippen LogP contribution < -0.4 is 5.32 Å². The molecular weight excluding hydrogens is 232 g/mol. The molecule has 1 rings (SSSR count). The van der Waals surface area contributed by atoms with Crippen molar-refractivity contribution < 1.29 is 14.7 Å². The van der Waals surface area contributed by atoms with Crippen LogP contribution in [-0.2, 0) is 4.79 Å². The first-order valence-corrected chi connectivity index (χ1v) is 6.61. The first-order valence-electron chi connectivity index (χ1n) is 6.61. The van der Waals surface area contributed by atoms with Crippen LogP contribution in [0.15, 0.2) is 0 Å². The molecule has 1 aliphatic heterocycles. The molecule has 2 N–H and O–H groups in total. The van der Waals surface area contributed by atoms with E-state index in [1.807, 2.05) is 20.8 Å². The molecule has 2 unspecified atom stereocenters. The highest BCUT2D eigenvalue weighted by Crippen LogP contribution is 2.22. The zero-order valence-corrected chi connectivity index (χ0v) is 11.6. The lowest BCUT2D eigenvalue weighted by Gasteiger charge is -2.25.